The van der Waals surface area contributed by atoms with E-state index in [9.17, 15) is 0 Å². The van der Waals surface area contributed by atoms with Gasteiger partial charge in [0.1, 0.15) is 0 Å². The van der Waals surface area contributed by atoms with Crippen molar-refractivity contribution >= 4 is 11.3 Å². The second-order valence-electron chi connectivity index (χ2n) is 42.0. The number of aromatic nitrogens is 3. The van der Waals surface area contributed by atoms with E-state index in [-0.39, 0.29) is 0 Å². The smallest absolute Gasteiger partial charge is 0.0594 e. The van der Waals surface area contributed by atoms with Gasteiger partial charge in [-0.05, 0) is 371 Å². The van der Waals surface area contributed by atoms with E-state index in [4.69, 9.17) is 9.47 Å². The quantitative estimate of drug-likeness (QED) is 0.0385. The predicted octanol–water partition coefficient (Wildman–Crippen LogP) is 33.5. The van der Waals surface area contributed by atoms with E-state index < -0.39 is 0 Å². The molecule has 830 valence electrons. The number of hydrogen-bond acceptors (Lipinski definition) is 13. The van der Waals surface area contributed by atoms with Gasteiger partial charge in [-0.3, -0.25) is 49.3 Å². The van der Waals surface area contributed by atoms with Crippen molar-refractivity contribution in [3.8, 4) is 0 Å². The molecule has 11 fully saturated rings. The van der Waals surface area contributed by atoms with E-state index in [1.165, 1.54) is 304 Å². The summed E-state index contributed by atoms with van der Waals surface area (Å²) in [6.45, 7) is 96.8. The Balaban J connectivity index is 0.000000537. The number of fused-ring (bicyclic) bond motifs is 2. The summed E-state index contributed by atoms with van der Waals surface area (Å²) in [7, 11) is 0. The molecule has 6 unspecified atom stereocenters. The summed E-state index contributed by atoms with van der Waals surface area (Å²) in [5.74, 6) is 6.90. The standard InChI is InChI=1S/C10H19N.C10H16.C10H12.3C9H17N.C9H16.C9H14.C8H15N.3C8H9N.C8H14O.C7H13NO.C7H13N.C7H8S/c1-4-8-11-9(2)6-5-7-10(11)3;1-2-3-9-6-8-4-5-10(9)7-8;1-3-6-10-8-5-4-7-9(10)2;1-3-6-10-7-4-9(2)5-8-10;1-3-6-10-7-4-5-9(2)8-10;1-2-7-10-8-5-3-4-6-9-10;3*1-2-6-9-7-4-3-5-8-9;1-2-5-8-6-3-4-7-9-8;1-2-4-8-5-3-6-9-7-8;3*1-2-3-8-4-6-9-7-5-8;1-2-5-8-6-3-4-7-8;1-2-4-7-5-3-6-8-7/h4,9-10H,1,5-8H2,2-3H3;2,8-10H,1,3-7H2;3-5,7-8H,1,6H2,2H3;2*3,9H,1,4-8H2,2H3;2H,1,3-9H2;2,9H,1,3-8H2;2,7H,1,3-6,8H2;2H,1,3-8H2;2-4,6-7H,1,5H2;2-3,5-7H,1,4H2;2,4-7H,1,3H2;2,8H,1,3-7H2;2H,1,3-7H2;2H,1,3-7H2;2-3,5-6H,1,4H2. The highest BCUT2D eigenvalue weighted by Crippen LogP contribution is 2.49. The minimum absolute atomic E-state index is 0.761. The van der Waals surface area contributed by atoms with Gasteiger partial charge in [-0.15, -0.1) is 117 Å². The van der Waals surface area contributed by atoms with Crippen molar-refractivity contribution in [2.24, 2.45) is 41.4 Å². The number of allylic oxidation sites excluding steroid dienone is 11. The lowest BCUT2D eigenvalue weighted by atomic mass is 9.87. The van der Waals surface area contributed by atoms with E-state index in [1.54, 1.807) is 48.1 Å². The lowest BCUT2D eigenvalue weighted by Crippen LogP contribution is -2.43. The van der Waals surface area contributed by atoms with Gasteiger partial charge in [0.05, 0.1) is 13.2 Å². The Bertz CT molecular complexity index is 3870. The molecule has 3 saturated carbocycles. The molecule has 0 N–H and O–H groups in total. The second kappa shape index (κ2) is 97.8. The minimum atomic E-state index is 0.761. The van der Waals surface area contributed by atoms with Crippen LogP contribution in [0.2, 0.25) is 0 Å². The van der Waals surface area contributed by atoms with Crippen molar-refractivity contribution in [3.05, 3.63) is 362 Å². The number of pyridine rings is 3. The molecule has 12 nitrogen and oxygen atoms in total. The predicted molar refractivity (Wildman–Crippen MR) is 661 cm³/mol. The molecule has 0 amide bonds. The number of morpholine rings is 1. The van der Waals surface area contributed by atoms with Crippen LogP contribution in [0.15, 0.2) is 329 Å². The van der Waals surface area contributed by atoms with E-state index >= 15 is 0 Å². The first-order valence-corrected chi connectivity index (χ1v) is 59.2. The van der Waals surface area contributed by atoms with Crippen LogP contribution in [0.1, 0.15) is 285 Å². The van der Waals surface area contributed by atoms with Crippen molar-refractivity contribution in [3.63, 3.8) is 0 Å². The van der Waals surface area contributed by atoms with Crippen molar-refractivity contribution < 1.29 is 9.47 Å². The van der Waals surface area contributed by atoms with Gasteiger partial charge in [0.25, 0.3) is 0 Å². The zero-order valence-electron chi connectivity index (χ0n) is 96.0. The van der Waals surface area contributed by atoms with Gasteiger partial charge in [-0.25, -0.2) is 0 Å². The van der Waals surface area contributed by atoms with Crippen LogP contribution >= 0.6 is 11.3 Å². The van der Waals surface area contributed by atoms with Gasteiger partial charge in [0.2, 0.25) is 0 Å². The van der Waals surface area contributed by atoms with Crippen molar-refractivity contribution in [2.75, 3.05) is 151 Å². The maximum Gasteiger partial charge on any atom is 0.0594 e. The van der Waals surface area contributed by atoms with Gasteiger partial charge < -0.3 is 9.47 Å². The Morgan fingerprint density at radius 3 is 1.31 bits per heavy atom. The molecule has 149 heavy (non-hydrogen) atoms. The van der Waals surface area contributed by atoms with Crippen molar-refractivity contribution in [1.29, 1.82) is 0 Å². The van der Waals surface area contributed by atoms with Crippen LogP contribution in [0.4, 0.5) is 0 Å². The van der Waals surface area contributed by atoms with Crippen LogP contribution < -0.4 is 0 Å². The SMILES string of the molecule is C=CCC1=CCCCC1.C=CCC1CC2CCC1C2.C=CCC1CCCCC1.C=CCC1CCOCC1.C=CCN1C(C)CCCC1C.C=CCN1CCC(C)CC1.C=CCN1CCCC(C)C1.C=CCN1CCCC1.C=CCN1CCCCC1.C=CCN1CCCCCC1.C=CCN1CCOCC1.C=CCc1ccccc1C.C=CCc1ccccn1.C=CCc1cccnc1.C=CCc1cccs1.C=CCc1ccncc1. The lowest BCUT2D eigenvalue weighted by Gasteiger charge is -2.38. The number of nitrogens with zero attached hydrogens (tertiary/aromatic N) is 10. The number of thiophene rings is 1. The van der Waals surface area contributed by atoms with Crippen LogP contribution in [-0.4, -0.2) is 212 Å². The summed E-state index contributed by atoms with van der Waals surface area (Å²) in [6.07, 6.45) is 95.8. The summed E-state index contributed by atoms with van der Waals surface area (Å²) in [5, 5.41) is 2.08. The number of hydrogen-bond donors (Lipinski definition) is 0. The van der Waals surface area contributed by atoms with Crippen LogP contribution in [0.5, 0.6) is 0 Å². The van der Waals surface area contributed by atoms with Crippen molar-refractivity contribution in [2.45, 2.75) is 304 Å². The van der Waals surface area contributed by atoms with E-state index in [1.807, 2.05) is 134 Å². The highest BCUT2D eigenvalue weighted by molar-refractivity contribution is 7.09. The molecule has 12 aliphatic rings. The van der Waals surface area contributed by atoms with Gasteiger partial charge in [0.15, 0.2) is 0 Å². The first kappa shape index (κ1) is 137. The fourth-order valence-electron chi connectivity index (χ4n) is 20.6. The van der Waals surface area contributed by atoms with E-state index in [0.717, 1.165) is 183 Å². The second-order valence-corrected chi connectivity index (χ2v) is 43.0. The monoisotopic (exact) mass is 2060 g/mol. The van der Waals surface area contributed by atoms with E-state index in [0.29, 0.717) is 0 Å². The number of ether oxygens (including phenoxy) is 2. The largest absolute Gasteiger partial charge is 0.381 e. The molecular formula is C136H218N10O2S. The van der Waals surface area contributed by atoms with Crippen LogP contribution in [0, 0.1) is 48.3 Å². The average molecular weight is 2060 g/mol. The summed E-state index contributed by atoms with van der Waals surface area (Å²) in [6, 6.07) is 27.9. The molecule has 13 heteroatoms. The molecule has 2 bridgehead atoms. The summed E-state index contributed by atoms with van der Waals surface area (Å²) < 4.78 is 10.4. The summed E-state index contributed by atoms with van der Waals surface area (Å²) in [5.41, 5.74) is 7.87. The Kier molecular flexibility index (Phi) is 89.7. The molecule has 6 atom stereocenters. The Morgan fingerprint density at radius 2 is 0.839 bits per heavy atom. The van der Waals surface area contributed by atoms with Gasteiger partial charge in [0, 0.05) is 139 Å². The number of likely N-dealkylation sites (tertiary alicyclic amines) is 6. The third-order valence-corrected chi connectivity index (χ3v) is 30.1. The summed E-state index contributed by atoms with van der Waals surface area (Å²) >= 11 is 1.78. The van der Waals surface area contributed by atoms with Gasteiger partial charge in [-0.2, -0.15) is 0 Å². The molecule has 4 aromatic heterocycles. The number of piperidine rings is 4. The molecule has 5 aromatic rings. The molecule has 17 rings (SSSR count). The van der Waals surface area contributed by atoms with E-state index in [2.05, 4.69) is 249 Å². The Labute approximate surface area is 921 Å². The first-order chi connectivity index (χ1) is 72.9. The minimum Gasteiger partial charge on any atom is -0.381 e. The average Bonchev–Trinajstić information content (AvgIpc) is 1.71. The first-order valence-electron chi connectivity index (χ1n) is 58.3. The molecule has 0 radical (unpaired) electrons. The lowest BCUT2D eigenvalue weighted by molar-refractivity contribution is 0.0434. The Morgan fingerprint density at radius 1 is 0.342 bits per heavy atom. The number of rotatable bonds is 32. The number of aryl methyl sites for hydroxylation is 1. The zero-order chi connectivity index (χ0) is 109. The molecule has 8 saturated heterocycles. The third-order valence-electron chi connectivity index (χ3n) is 29.2. The molecule has 0 spiro atoms. The molecule has 1 aromatic carbocycles. The highest BCUT2D eigenvalue weighted by Gasteiger charge is 2.38. The van der Waals surface area contributed by atoms with Crippen LogP contribution in [0.25, 0.3) is 0 Å². The topological polar surface area (TPSA) is 79.8 Å². The van der Waals surface area contributed by atoms with Crippen molar-refractivity contribution in [1.82, 2.24) is 49.3 Å². The zero-order valence-corrected chi connectivity index (χ0v) is 96.9. The fourth-order valence-corrected chi connectivity index (χ4v) is 21.3. The van der Waals surface area contributed by atoms with Gasteiger partial charge in [-0.1, -0.05) is 229 Å². The third kappa shape index (κ3) is 74.3. The normalized spacial score (nSPS) is 20.6. The Hall–Kier alpha value is -8.41. The highest BCUT2D eigenvalue weighted by atomic mass is 32.1. The number of benzene rings is 1. The molecule has 4 aliphatic carbocycles. The van der Waals surface area contributed by atoms with Gasteiger partial charge >= 0.3 is 0 Å². The molecule has 8 aliphatic heterocycles. The van der Waals surface area contributed by atoms with Crippen LogP contribution in [0.3, 0.4) is 0 Å². The molecule has 12 heterocycles. The fraction of sp³-hybridized carbons (Fsp3) is 0.566. The molecular weight excluding hydrogens is 1840 g/mol. The maximum atomic E-state index is 5.21. The summed E-state index contributed by atoms with van der Waals surface area (Å²) in [4.78, 5) is 30.5. The van der Waals surface area contributed by atoms with Crippen LogP contribution in [-0.2, 0) is 41.6 Å². The maximum absolute atomic E-state index is 5.21.